The minimum atomic E-state index is -4.47. The molecule has 10 heteroatoms. The standard InChI is InChI=1S/C9H18F3O6P/c1-3-4-16-5-8(18-19(13,14)15-2)6-17-7-9(10,11)12/h8H,3-7H2,1-2H3,(H,13,14)/t8-/m1/s1. The molecule has 0 spiro atoms. The van der Waals surface area contributed by atoms with Gasteiger partial charge in [0.2, 0.25) is 0 Å². The van der Waals surface area contributed by atoms with E-state index in [0.29, 0.717) is 13.0 Å². The number of halogens is 3. The maximum absolute atomic E-state index is 11.9. The number of alkyl halides is 3. The first kappa shape index (κ1) is 18.8. The van der Waals surface area contributed by atoms with Crippen molar-refractivity contribution in [3.63, 3.8) is 0 Å². The van der Waals surface area contributed by atoms with Crippen molar-refractivity contribution in [2.24, 2.45) is 0 Å². The highest BCUT2D eigenvalue weighted by Crippen LogP contribution is 2.43. The van der Waals surface area contributed by atoms with E-state index in [-0.39, 0.29) is 6.61 Å². The molecule has 0 heterocycles. The highest BCUT2D eigenvalue weighted by Gasteiger charge is 2.30. The summed E-state index contributed by atoms with van der Waals surface area (Å²) in [4.78, 5) is 9.09. The Hall–Kier alpha value is -0.180. The molecule has 0 saturated carbocycles. The molecule has 0 saturated heterocycles. The summed E-state index contributed by atoms with van der Waals surface area (Å²) >= 11 is 0. The predicted molar refractivity (Wildman–Crippen MR) is 59.7 cm³/mol. The second kappa shape index (κ2) is 8.89. The Morgan fingerprint density at radius 2 is 1.84 bits per heavy atom. The molecule has 1 unspecified atom stereocenters. The van der Waals surface area contributed by atoms with Crippen LogP contribution in [0.3, 0.4) is 0 Å². The molecule has 0 aliphatic rings. The topological polar surface area (TPSA) is 74.2 Å². The van der Waals surface area contributed by atoms with E-state index in [1.54, 1.807) is 0 Å². The first-order chi connectivity index (χ1) is 8.70. The molecule has 116 valence electrons. The van der Waals surface area contributed by atoms with Crippen molar-refractivity contribution < 1.29 is 41.2 Å². The fourth-order valence-electron chi connectivity index (χ4n) is 1.01. The van der Waals surface area contributed by atoms with Crippen LogP contribution in [0.15, 0.2) is 0 Å². The highest BCUT2D eigenvalue weighted by molar-refractivity contribution is 7.47. The van der Waals surface area contributed by atoms with Crippen LogP contribution >= 0.6 is 7.82 Å². The van der Waals surface area contributed by atoms with E-state index in [0.717, 1.165) is 7.11 Å². The SMILES string of the molecule is CCCOC[C@H](COCC(F)(F)F)OP(=O)(O)OC. The van der Waals surface area contributed by atoms with Gasteiger partial charge < -0.3 is 14.4 Å². The number of hydrogen-bond acceptors (Lipinski definition) is 5. The fraction of sp³-hybridized carbons (Fsp3) is 1.00. The van der Waals surface area contributed by atoms with Gasteiger partial charge in [-0.1, -0.05) is 6.92 Å². The zero-order chi connectivity index (χ0) is 14.9. The molecule has 6 nitrogen and oxygen atoms in total. The Bertz CT molecular complexity index is 286. The van der Waals surface area contributed by atoms with Gasteiger partial charge in [0.25, 0.3) is 0 Å². The largest absolute Gasteiger partial charge is 0.472 e. The first-order valence-electron chi connectivity index (χ1n) is 5.49. The first-order valence-corrected chi connectivity index (χ1v) is 6.99. The molecule has 0 amide bonds. The van der Waals surface area contributed by atoms with Crippen LogP contribution in [-0.4, -0.2) is 50.7 Å². The molecule has 0 aromatic rings. The van der Waals surface area contributed by atoms with Crippen molar-refractivity contribution >= 4 is 7.82 Å². The molecular formula is C9H18F3O6P. The third kappa shape index (κ3) is 11.4. The monoisotopic (exact) mass is 310 g/mol. The normalized spacial score (nSPS) is 17.2. The Balaban J connectivity index is 4.21. The van der Waals surface area contributed by atoms with Crippen LogP contribution in [0, 0.1) is 0 Å². The van der Waals surface area contributed by atoms with Crippen LogP contribution in [0.2, 0.25) is 0 Å². The molecule has 0 rings (SSSR count). The maximum atomic E-state index is 11.9. The van der Waals surface area contributed by atoms with E-state index in [1.165, 1.54) is 0 Å². The average molecular weight is 310 g/mol. The van der Waals surface area contributed by atoms with Crippen LogP contribution in [0.4, 0.5) is 13.2 Å². The zero-order valence-corrected chi connectivity index (χ0v) is 11.6. The lowest BCUT2D eigenvalue weighted by Crippen LogP contribution is -2.28. The molecule has 0 bridgehead atoms. The van der Waals surface area contributed by atoms with Gasteiger partial charge in [0, 0.05) is 13.7 Å². The summed E-state index contributed by atoms with van der Waals surface area (Å²) in [7, 11) is -3.35. The van der Waals surface area contributed by atoms with Crippen molar-refractivity contribution in [2.75, 3.05) is 33.5 Å². The second-order valence-corrected chi connectivity index (χ2v) is 5.10. The number of hydrogen-bond donors (Lipinski definition) is 1. The van der Waals surface area contributed by atoms with Gasteiger partial charge in [-0.15, -0.1) is 0 Å². The van der Waals surface area contributed by atoms with Crippen LogP contribution in [0.25, 0.3) is 0 Å². The van der Waals surface area contributed by atoms with Gasteiger partial charge in [-0.2, -0.15) is 13.2 Å². The van der Waals surface area contributed by atoms with Gasteiger partial charge in [-0.05, 0) is 6.42 Å². The molecule has 0 aromatic heterocycles. The van der Waals surface area contributed by atoms with Crippen molar-refractivity contribution in [1.29, 1.82) is 0 Å². The van der Waals surface area contributed by atoms with E-state index in [2.05, 4.69) is 13.8 Å². The number of phosphoric acid groups is 1. The molecule has 0 radical (unpaired) electrons. The minimum Gasteiger partial charge on any atom is -0.379 e. The fourth-order valence-corrected chi connectivity index (χ4v) is 1.59. The molecule has 0 aliphatic heterocycles. The van der Waals surface area contributed by atoms with E-state index in [1.807, 2.05) is 6.92 Å². The molecule has 2 atom stereocenters. The number of phosphoric ester groups is 1. The molecule has 0 aliphatic carbocycles. The van der Waals surface area contributed by atoms with Crippen LogP contribution in [-0.2, 0) is 23.1 Å². The molecule has 19 heavy (non-hydrogen) atoms. The van der Waals surface area contributed by atoms with Crippen molar-refractivity contribution in [1.82, 2.24) is 0 Å². The number of rotatable bonds is 10. The van der Waals surface area contributed by atoms with Gasteiger partial charge in [-0.25, -0.2) is 4.57 Å². The van der Waals surface area contributed by atoms with Crippen molar-refractivity contribution in [3.05, 3.63) is 0 Å². The summed E-state index contributed by atoms with van der Waals surface area (Å²) in [5.74, 6) is 0. The summed E-state index contributed by atoms with van der Waals surface area (Å²) in [6.07, 6.45) is -4.90. The lowest BCUT2D eigenvalue weighted by molar-refractivity contribution is -0.180. The average Bonchev–Trinajstić information content (AvgIpc) is 2.27. The van der Waals surface area contributed by atoms with E-state index in [9.17, 15) is 17.7 Å². The minimum absolute atomic E-state index is 0.167. The van der Waals surface area contributed by atoms with Gasteiger partial charge in [0.05, 0.1) is 13.2 Å². The lowest BCUT2D eigenvalue weighted by atomic mass is 10.4. The summed E-state index contributed by atoms with van der Waals surface area (Å²) in [5.41, 5.74) is 0. The van der Waals surface area contributed by atoms with E-state index >= 15 is 0 Å². The van der Waals surface area contributed by atoms with Crippen LogP contribution in [0.1, 0.15) is 13.3 Å². The van der Waals surface area contributed by atoms with Gasteiger partial charge in [0.1, 0.15) is 12.7 Å². The van der Waals surface area contributed by atoms with Gasteiger partial charge in [0.15, 0.2) is 0 Å². The van der Waals surface area contributed by atoms with Crippen LogP contribution < -0.4 is 0 Å². The lowest BCUT2D eigenvalue weighted by Gasteiger charge is -2.20. The van der Waals surface area contributed by atoms with E-state index < -0.39 is 33.3 Å². The summed E-state index contributed by atoms with van der Waals surface area (Å²) in [6, 6.07) is 0. The molecule has 0 fully saturated rings. The summed E-state index contributed by atoms with van der Waals surface area (Å²) < 4.78 is 65.0. The summed E-state index contributed by atoms with van der Waals surface area (Å²) in [5, 5.41) is 0. The van der Waals surface area contributed by atoms with E-state index in [4.69, 9.17) is 9.63 Å². The van der Waals surface area contributed by atoms with Crippen LogP contribution in [0.5, 0.6) is 0 Å². The maximum Gasteiger partial charge on any atom is 0.472 e. The Morgan fingerprint density at radius 1 is 1.26 bits per heavy atom. The predicted octanol–water partition coefficient (Wildman–Crippen LogP) is 2.12. The Morgan fingerprint density at radius 3 is 2.32 bits per heavy atom. The second-order valence-electron chi connectivity index (χ2n) is 3.58. The quantitative estimate of drug-likeness (QED) is 0.492. The van der Waals surface area contributed by atoms with Crippen molar-refractivity contribution in [3.8, 4) is 0 Å². The Kier molecular flexibility index (Phi) is 8.80. The molecule has 0 aromatic carbocycles. The van der Waals surface area contributed by atoms with Crippen molar-refractivity contribution in [2.45, 2.75) is 25.6 Å². The smallest absolute Gasteiger partial charge is 0.379 e. The summed E-state index contributed by atoms with van der Waals surface area (Å²) in [6.45, 7) is 0.0179. The highest BCUT2D eigenvalue weighted by atomic mass is 31.2. The van der Waals surface area contributed by atoms with Gasteiger partial charge in [-0.3, -0.25) is 9.05 Å². The third-order valence-corrected chi connectivity index (χ3v) is 2.76. The third-order valence-electron chi connectivity index (χ3n) is 1.73. The van der Waals surface area contributed by atoms with Gasteiger partial charge >= 0.3 is 14.0 Å². The zero-order valence-electron chi connectivity index (χ0n) is 10.7. The number of ether oxygens (including phenoxy) is 2. The Labute approximate surface area is 109 Å². The molecular weight excluding hydrogens is 292 g/mol. The molecule has 1 N–H and O–H groups in total.